The van der Waals surface area contributed by atoms with E-state index in [4.69, 9.17) is 0 Å². The fourth-order valence-corrected chi connectivity index (χ4v) is 11.1. The van der Waals surface area contributed by atoms with E-state index in [1.54, 1.807) is 0 Å². The van der Waals surface area contributed by atoms with Crippen molar-refractivity contribution in [3.8, 4) is 0 Å². The first-order chi connectivity index (χ1) is 13.9. The molecule has 0 aromatic heterocycles. The first-order valence-corrected chi connectivity index (χ1v) is 13.2. The Hall–Kier alpha value is -0.520. The van der Waals surface area contributed by atoms with Crippen LogP contribution in [0.5, 0.6) is 0 Å². The van der Waals surface area contributed by atoms with Crippen molar-refractivity contribution in [2.75, 3.05) is 0 Å². The molecule has 0 heteroatoms. The van der Waals surface area contributed by atoms with Crippen molar-refractivity contribution in [2.24, 2.45) is 56.7 Å². The summed E-state index contributed by atoms with van der Waals surface area (Å²) >= 11 is 0. The van der Waals surface area contributed by atoms with Gasteiger partial charge in [-0.1, -0.05) is 65.8 Å². The van der Waals surface area contributed by atoms with Crippen LogP contribution in [0.2, 0.25) is 0 Å². The summed E-state index contributed by atoms with van der Waals surface area (Å²) in [4.78, 5) is 0. The molecule has 0 saturated heterocycles. The third-order valence-electron chi connectivity index (χ3n) is 12.8. The van der Waals surface area contributed by atoms with E-state index in [-0.39, 0.29) is 0 Å². The van der Waals surface area contributed by atoms with Crippen LogP contribution in [0.3, 0.4) is 0 Å². The maximum atomic E-state index is 4.49. The molecule has 0 heterocycles. The lowest BCUT2D eigenvalue weighted by atomic mass is 9.33. The van der Waals surface area contributed by atoms with Gasteiger partial charge < -0.3 is 0 Å². The van der Waals surface area contributed by atoms with Gasteiger partial charge in [-0.2, -0.15) is 0 Å². The summed E-state index contributed by atoms with van der Waals surface area (Å²) in [5.41, 5.74) is 3.93. The standard InChI is InChI=1S/C30H48/c1-20(2)21-12-16-27(5)18-19-29(7)22(25(21)27)10-11-24-28(6)15-9-14-26(3,4)23(28)13-17-30(24,29)8/h9,14,21-25H,1,10-13,15-19H2,2-8H3/t21-,22+,23-,24+,25+,27+,28-,29+,30+/m0/s1. The van der Waals surface area contributed by atoms with Gasteiger partial charge in [-0.25, -0.2) is 0 Å². The summed E-state index contributed by atoms with van der Waals surface area (Å²) in [5.74, 6) is 4.33. The highest BCUT2D eigenvalue weighted by molar-refractivity contribution is 5.22. The minimum Gasteiger partial charge on any atom is -0.0998 e. The van der Waals surface area contributed by atoms with Crippen LogP contribution in [0.15, 0.2) is 24.3 Å². The van der Waals surface area contributed by atoms with Crippen molar-refractivity contribution in [1.29, 1.82) is 0 Å². The molecule has 0 unspecified atom stereocenters. The van der Waals surface area contributed by atoms with E-state index in [9.17, 15) is 0 Å². The Kier molecular flexibility index (Phi) is 4.47. The number of hydrogen-bond donors (Lipinski definition) is 0. The van der Waals surface area contributed by atoms with Gasteiger partial charge in [0.15, 0.2) is 0 Å². The van der Waals surface area contributed by atoms with E-state index in [2.05, 4.69) is 67.2 Å². The normalized spacial score (nSPS) is 56.4. The van der Waals surface area contributed by atoms with Crippen LogP contribution < -0.4 is 0 Å². The van der Waals surface area contributed by atoms with Gasteiger partial charge in [-0.05, 0) is 121 Å². The average Bonchev–Trinajstić information content (AvgIpc) is 2.99. The second kappa shape index (κ2) is 6.29. The molecule has 168 valence electrons. The first kappa shape index (κ1) is 21.3. The zero-order chi connectivity index (χ0) is 21.7. The summed E-state index contributed by atoms with van der Waals surface area (Å²) in [7, 11) is 0. The molecule has 0 aromatic rings. The molecule has 0 bridgehead atoms. The number of fused-ring (bicyclic) bond motifs is 7. The van der Waals surface area contributed by atoms with E-state index in [0.717, 1.165) is 29.6 Å². The Balaban J connectivity index is 1.56. The fourth-order valence-electron chi connectivity index (χ4n) is 11.1. The van der Waals surface area contributed by atoms with Crippen LogP contribution in [0, 0.1) is 56.7 Å². The lowest BCUT2D eigenvalue weighted by molar-refractivity contribution is -0.224. The van der Waals surface area contributed by atoms with Crippen molar-refractivity contribution in [3.63, 3.8) is 0 Å². The molecule has 4 saturated carbocycles. The zero-order valence-corrected chi connectivity index (χ0v) is 21.1. The summed E-state index contributed by atoms with van der Waals surface area (Å²) in [5, 5.41) is 0. The molecular formula is C30H48. The van der Waals surface area contributed by atoms with Crippen LogP contribution in [-0.2, 0) is 0 Å². The summed E-state index contributed by atoms with van der Waals surface area (Å²) in [6, 6.07) is 0. The summed E-state index contributed by atoms with van der Waals surface area (Å²) < 4.78 is 0. The highest BCUT2D eigenvalue weighted by Gasteiger charge is 2.69. The third kappa shape index (κ3) is 2.46. The van der Waals surface area contributed by atoms with Gasteiger partial charge >= 0.3 is 0 Å². The van der Waals surface area contributed by atoms with Crippen molar-refractivity contribution in [2.45, 2.75) is 106 Å². The van der Waals surface area contributed by atoms with E-state index in [1.807, 2.05) is 0 Å². The lowest BCUT2D eigenvalue weighted by Gasteiger charge is -2.72. The zero-order valence-electron chi connectivity index (χ0n) is 21.1. The van der Waals surface area contributed by atoms with Gasteiger partial charge in [-0.3, -0.25) is 0 Å². The second-order valence-electron chi connectivity index (χ2n) is 14.3. The Morgan fingerprint density at radius 1 is 0.800 bits per heavy atom. The predicted molar refractivity (Wildman–Crippen MR) is 129 cm³/mol. The molecule has 0 N–H and O–H groups in total. The Morgan fingerprint density at radius 2 is 1.53 bits per heavy atom. The molecule has 0 spiro atoms. The smallest absolute Gasteiger partial charge is 0.0141 e. The van der Waals surface area contributed by atoms with Crippen LogP contribution in [0.1, 0.15) is 106 Å². The molecule has 4 fully saturated rings. The number of rotatable bonds is 1. The second-order valence-corrected chi connectivity index (χ2v) is 14.3. The molecule has 0 nitrogen and oxygen atoms in total. The van der Waals surface area contributed by atoms with E-state index >= 15 is 0 Å². The maximum absolute atomic E-state index is 4.49. The Bertz CT molecular complexity index is 771. The Morgan fingerprint density at radius 3 is 2.23 bits per heavy atom. The highest BCUT2D eigenvalue weighted by Crippen LogP contribution is 2.77. The molecule has 0 aliphatic heterocycles. The van der Waals surface area contributed by atoms with Crippen molar-refractivity contribution in [3.05, 3.63) is 24.3 Å². The van der Waals surface area contributed by atoms with E-state index in [1.165, 1.54) is 63.4 Å². The fraction of sp³-hybridized carbons (Fsp3) is 0.867. The van der Waals surface area contributed by atoms with Gasteiger partial charge in [0.2, 0.25) is 0 Å². The van der Waals surface area contributed by atoms with Crippen LogP contribution in [0.25, 0.3) is 0 Å². The SMILES string of the molecule is C=C(C)[C@@H]1CC[C@]2(C)CC[C@]3(C)[C@H](CC[C@@H]4[C@@]5(C)CC=CC(C)(C)[C@@H]5CC[C@]43C)[C@@H]12. The van der Waals surface area contributed by atoms with Gasteiger partial charge in [-0.15, -0.1) is 0 Å². The summed E-state index contributed by atoms with van der Waals surface area (Å²) in [6.45, 7) is 22.8. The van der Waals surface area contributed by atoms with Crippen LogP contribution >= 0.6 is 0 Å². The van der Waals surface area contributed by atoms with Gasteiger partial charge in [0.05, 0.1) is 0 Å². The first-order valence-electron chi connectivity index (χ1n) is 13.2. The van der Waals surface area contributed by atoms with E-state index < -0.39 is 0 Å². The molecule has 0 aromatic carbocycles. The lowest BCUT2D eigenvalue weighted by Crippen LogP contribution is -2.65. The quantitative estimate of drug-likeness (QED) is 0.380. The van der Waals surface area contributed by atoms with Gasteiger partial charge in [0.1, 0.15) is 0 Å². The van der Waals surface area contributed by atoms with Gasteiger partial charge in [0, 0.05) is 0 Å². The summed E-state index contributed by atoms with van der Waals surface area (Å²) in [6.07, 6.45) is 18.1. The third-order valence-corrected chi connectivity index (χ3v) is 12.8. The molecule has 9 atom stereocenters. The highest BCUT2D eigenvalue weighted by atomic mass is 14.7. The van der Waals surface area contributed by atoms with Gasteiger partial charge in [0.25, 0.3) is 0 Å². The number of allylic oxidation sites excluding steroid dienone is 3. The monoisotopic (exact) mass is 408 g/mol. The van der Waals surface area contributed by atoms with Crippen molar-refractivity contribution >= 4 is 0 Å². The maximum Gasteiger partial charge on any atom is -0.0141 e. The molecule has 30 heavy (non-hydrogen) atoms. The molecular weight excluding hydrogens is 360 g/mol. The van der Waals surface area contributed by atoms with Crippen molar-refractivity contribution < 1.29 is 0 Å². The molecule has 0 amide bonds. The molecule has 5 aliphatic carbocycles. The topological polar surface area (TPSA) is 0 Å². The largest absolute Gasteiger partial charge is 0.0998 e. The molecule has 5 aliphatic rings. The molecule has 5 rings (SSSR count). The minimum atomic E-state index is 0.369. The predicted octanol–water partition coefficient (Wildman–Crippen LogP) is 8.83. The average molecular weight is 409 g/mol. The Labute approximate surface area is 187 Å². The minimum absolute atomic E-state index is 0.369. The van der Waals surface area contributed by atoms with Crippen molar-refractivity contribution in [1.82, 2.24) is 0 Å². The van der Waals surface area contributed by atoms with E-state index in [0.29, 0.717) is 27.1 Å². The van der Waals surface area contributed by atoms with Crippen LogP contribution in [0.4, 0.5) is 0 Å². The van der Waals surface area contributed by atoms with Crippen LogP contribution in [-0.4, -0.2) is 0 Å². The number of hydrogen-bond acceptors (Lipinski definition) is 0. The molecule has 0 radical (unpaired) electrons.